The van der Waals surface area contributed by atoms with Gasteiger partial charge in [0.05, 0.1) is 17.2 Å². The second-order valence-corrected chi connectivity index (χ2v) is 6.74. The fraction of sp³-hybridized carbons (Fsp3) is 0.111. The lowest BCUT2D eigenvalue weighted by Gasteiger charge is -2.08. The van der Waals surface area contributed by atoms with E-state index in [4.69, 9.17) is 22.0 Å². The third-order valence-electron chi connectivity index (χ3n) is 3.43. The molecule has 0 aliphatic carbocycles. The van der Waals surface area contributed by atoms with Gasteiger partial charge in [-0.3, -0.25) is 4.79 Å². The van der Waals surface area contributed by atoms with Crippen molar-refractivity contribution >= 4 is 28.8 Å². The Morgan fingerprint density at radius 3 is 2.65 bits per heavy atom. The molecular formula is C18H13ClN4O2S. The van der Waals surface area contributed by atoms with Gasteiger partial charge in [-0.2, -0.15) is 5.26 Å². The standard InChI is InChI=1S/C18H13ClN4O2S/c19-12-3-1-11(2-4-12)14-9-15(18(25)21-7-8-24)23-17(22-14)16-6-5-13(10-20)26-16/h1-6,9,24H,7-8H2,(H,21,25). The highest BCUT2D eigenvalue weighted by molar-refractivity contribution is 7.15. The average molecular weight is 385 g/mol. The van der Waals surface area contributed by atoms with Gasteiger partial charge in [-0.05, 0) is 30.3 Å². The molecule has 1 amide bonds. The number of hydrogen-bond acceptors (Lipinski definition) is 6. The lowest BCUT2D eigenvalue weighted by molar-refractivity contribution is 0.0940. The van der Waals surface area contributed by atoms with Crippen molar-refractivity contribution in [2.24, 2.45) is 0 Å². The fourth-order valence-corrected chi connectivity index (χ4v) is 3.08. The van der Waals surface area contributed by atoms with Crippen LogP contribution in [0.4, 0.5) is 0 Å². The summed E-state index contributed by atoms with van der Waals surface area (Å²) in [5.41, 5.74) is 1.53. The first kappa shape index (κ1) is 18.0. The third-order valence-corrected chi connectivity index (χ3v) is 4.67. The van der Waals surface area contributed by atoms with Gasteiger partial charge in [0.1, 0.15) is 16.6 Å². The maximum atomic E-state index is 12.3. The average Bonchev–Trinajstić information content (AvgIpc) is 3.15. The van der Waals surface area contributed by atoms with Crippen molar-refractivity contribution < 1.29 is 9.90 Å². The SMILES string of the molecule is N#Cc1ccc(-c2nc(C(=O)NCCO)cc(-c3ccc(Cl)cc3)n2)s1. The molecule has 26 heavy (non-hydrogen) atoms. The number of nitriles is 1. The number of nitrogens with one attached hydrogen (secondary N) is 1. The van der Waals surface area contributed by atoms with Crippen LogP contribution in [-0.4, -0.2) is 34.1 Å². The second kappa shape index (κ2) is 8.06. The predicted molar refractivity (Wildman–Crippen MR) is 99.9 cm³/mol. The highest BCUT2D eigenvalue weighted by Gasteiger charge is 2.15. The Bertz CT molecular complexity index is 980. The van der Waals surface area contributed by atoms with Gasteiger partial charge in [-0.1, -0.05) is 23.7 Å². The van der Waals surface area contributed by atoms with E-state index in [2.05, 4.69) is 21.4 Å². The number of aliphatic hydroxyl groups is 1. The van der Waals surface area contributed by atoms with E-state index >= 15 is 0 Å². The first-order valence-corrected chi connectivity index (χ1v) is 8.84. The molecule has 0 aliphatic rings. The molecule has 0 fully saturated rings. The molecule has 0 saturated heterocycles. The van der Waals surface area contributed by atoms with E-state index in [1.54, 1.807) is 42.5 Å². The summed E-state index contributed by atoms with van der Waals surface area (Å²) >= 11 is 7.19. The van der Waals surface area contributed by atoms with E-state index in [0.717, 1.165) is 5.56 Å². The predicted octanol–water partition coefficient (Wildman–Crippen LogP) is 3.12. The third kappa shape index (κ3) is 4.06. The molecule has 0 unspecified atom stereocenters. The maximum Gasteiger partial charge on any atom is 0.270 e. The quantitative estimate of drug-likeness (QED) is 0.704. The van der Waals surface area contributed by atoms with Gasteiger partial charge in [0.15, 0.2) is 5.82 Å². The normalized spacial score (nSPS) is 10.3. The van der Waals surface area contributed by atoms with E-state index in [0.29, 0.717) is 26.3 Å². The zero-order chi connectivity index (χ0) is 18.5. The van der Waals surface area contributed by atoms with E-state index < -0.39 is 5.91 Å². The van der Waals surface area contributed by atoms with Gasteiger partial charge < -0.3 is 10.4 Å². The minimum Gasteiger partial charge on any atom is -0.395 e. The van der Waals surface area contributed by atoms with Crippen molar-refractivity contribution in [3.05, 3.63) is 58.1 Å². The van der Waals surface area contributed by atoms with Gasteiger partial charge in [0, 0.05) is 17.1 Å². The summed E-state index contributed by atoms with van der Waals surface area (Å²) in [6, 6.07) is 14.2. The number of hydrogen-bond donors (Lipinski definition) is 2. The monoisotopic (exact) mass is 384 g/mol. The molecule has 2 N–H and O–H groups in total. The van der Waals surface area contributed by atoms with Gasteiger partial charge in [-0.15, -0.1) is 11.3 Å². The Kier molecular flexibility index (Phi) is 5.58. The van der Waals surface area contributed by atoms with Crippen LogP contribution in [0.2, 0.25) is 5.02 Å². The molecule has 0 radical (unpaired) electrons. The summed E-state index contributed by atoms with van der Waals surface area (Å²) in [7, 11) is 0. The summed E-state index contributed by atoms with van der Waals surface area (Å²) in [4.78, 5) is 22.4. The van der Waals surface area contributed by atoms with Crippen LogP contribution in [0.15, 0.2) is 42.5 Å². The molecule has 6 nitrogen and oxygen atoms in total. The second-order valence-electron chi connectivity index (χ2n) is 5.22. The Morgan fingerprint density at radius 2 is 2.00 bits per heavy atom. The fourth-order valence-electron chi connectivity index (χ4n) is 2.22. The van der Waals surface area contributed by atoms with E-state index in [9.17, 15) is 4.79 Å². The number of aliphatic hydroxyl groups excluding tert-OH is 1. The maximum absolute atomic E-state index is 12.3. The van der Waals surface area contributed by atoms with E-state index in [-0.39, 0.29) is 18.8 Å². The number of carbonyl (C=O) groups excluding carboxylic acids is 1. The van der Waals surface area contributed by atoms with Crippen molar-refractivity contribution in [1.29, 1.82) is 5.26 Å². The minimum atomic E-state index is -0.407. The summed E-state index contributed by atoms with van der Waals surface area (Å²) in [6.45, 7) is -0.0315. The van der Waals surface area contributed by atoms with Crippen LogP contribution < -0.4 is 5.32 Å². The largest absolute Gasteiger partial charge is 0.395 e. The molecule has 0 aliphatic heterocycles. The number of nitrogens with zero attached hydrogens (tertiary/aromatic N) is 3. The number of halogens is 1. The molecule has 3 rings (SSSR count). The topological polar surface area (TPSA) is 98.9 Å². The van der Waals surface area contributed by atoms with E-state index in [1.165, 1.54) is 11.3 Å². The molecular weight excluding hydrogens is 372 g/mol. The van der Waals surface area contributed by atoms with Gasteiger partial charge >= 0.3 is 0 Å². The van der Waals surface area contributed by atoms with Crippen molar-refractivity contribution in [2.45, 2.75) is 0 Å². The van der Waals surface area contributed by atoms with Gasteiger partial charge in [0.2, 0.25) is 0 Å². The zero-order valence-corrected chi connectivity index (χ0v) is 15.0. The number of rotatable bonds is 5. The van der Waals surface area contributed by atoms with Gasteiger partial charge in [0.25, 0.3) is 5.91 Å². The van der Waals surface area contributed by atoms with Crippen LogP contribution in [-0.2, 0) is 0 Å². The molecule has 8 heteroatoms. The molecule has 2 aromatic heterocycles. The van der Waals surface area contributed by atoms with Crippen molar-refractivity contribution in [3.8, 4) is 28.0 Å². The Balaban J connectivity index is 2.08. The summed E-state index contributed by atoms with van der Waals surface area (Å²) in [5.74, 6) is -0.0481. The highest BCUT2D eigenvalue weighted by atomic mass is 35.5. The Labute approximate surface area is 158 Å². The van der Waals surface area contributed by atoms with Gasteiger partial charge in [-0.25, -0.2) is 9.97 Å². The first-order chi connectivity index (χ1) is 12.6. The smallest absolute Gasteiger partial charge is 0.270 e. The van der Waals surface area contributed by atoms with Crippen molar-refractivity contribution in [1.82, 2.24) is 15.3 Å². The number of carbonyl (C=O) groups is 1. The van der Waals surface area contributed by atoms with Crippen LogP contribution >= 0.6 is 22.9 Å². The van der Waals surface area contributed by atoms with Crippen LogP contribution in [0, 0.1) is 11.3 Å². The highest BCUT2D eigenvalue weighted by Crippen LogP contribution is 2.28. The van der Waals surface area contributed by atoms with Crippen LogP contribution in [0.5, 0.6) is 0 Å². The molecule has 0 bridgehead atoms. The van der Waals surface area contributed by atoms with Crippen LogP contribution in [0.25, 0.3) is 22.0 Å². The lowest BCUT2D eigenvalue weighted by Crippen LogP contribution is -2.27. The molecule has 1 aromatic carbocycles. The molecule has 0 atom stereocenters. The molecule has 2 heterocycles. The number of benzene rings is 1. The number of aromatic nitrogens is 2. The number of amides is 1. The molecule has 130 valence electrons. The Morgan fingerprint density at radius 1 is 1.23 bits per heavy atom. The Hall–Kier alpha value is -2.79. The minimum absolute atomic E-state index is 0.131. The van der Waals surface area contributed by atoms with Crippen LogP contribution in [0.3, 0.4) is 0 Å². The summed E-state index contributed by atoms with van der Waals surface area (Å²) in [6.07, 6.45) is 0. The molecule has 0 spiro atoms. The first-order valence-electron chi connectivity index (χ1n) is 7.65. The zero-order valence-electron chi connectivity index (χ0n) is 13.4. The lowest BCUT2D eigenvalue weighted by atomic mass is 10.1. The van der Waals surface area contributed by atoms with Crippen molar-refractivity contribution in [3.63, 3.8) is 0 Å². The molecule has 3 aromatic rings. The molecule has 0 saturated carbocycles. The van der Waals surface area contributed by atoms with Crippen LogP contribution in [0.1, 0.15) is 15.4 Å². The number of thiophene rings is 1. The van der Waals surface area contributed by atoms with E-state index in [1.807, 2.05) is 0 Å². The summed E-state index contributed by atoms with van der Waals surface area (Å²) in [5, 5.41) is 21.1. The summed E-state index contributed by atoms with van der Waals surface area (Å²) < 4.78 is 0. The van der Waals surface area contributed by atoms with Crippen molar-refractivity contribution in [2.75, 3.05) is 13.2 Å².